The molecule has 4 aromatic rings. The molecule has 2 nitrogen and oxygen atoms in total. The summed E-state index contributed by atoms with van der Waals surface area (Å²) in [6.07, 6.45) is 1.91. The molecule has 0 bridgehead atoms. The average molecular weight is 329 g/mol. The van der Waals surface area contributed by atoms with Crippen LogP contribution in [0, 0.1) is 0 Å². The second-order valence-electron chi connectivity index (χ2n) is 7.56. The van der Waals surface area contributed by atoms with Gasteiger partial charge in [0.25, 0.3) is 0 Å². The van der Waals surface area contributed by atoms with Crippen LogP contribution in [-0.2, 0) is 5.41 Å². The molecular weight excluding hydrogens is 306 g/mol. The third kappa shape index (κ3) is 2.62. The van der Waals surface area contributed by atoms with Crippen molar-refractivity contribution in [3.05, 3.63) is 77.7 Å². The summed E-state index contributed by atoms with van der Waals surface area (Å²) < 4.78 is 6.14. The molecule has 0 radical (unpaired) electrons. The summed E-state index contributed by atoms with van der Waals surface area (Å²) in [7, 11) is 0. The molecule has 0 aliphatic carbocycles. The molecule has 25 heavy (non-hydrogen) atoms. The Bertz CT molecular complexity index is 1020. The Hall–Kier alpha value is -2.61. The fourth-order valence-electron chi connectivity index (χ4n) is 3.49. The Morgan fingerprint density at radius 1 is 0.960 bits per heavy atom. The Kier molecular flexibility index (Phi) is 3.64. The number of hydrogen-bond acceptors (Lipinski definition) is 2. The van der Waals surface area contributed by atoms with Gasteiger partial charge in [0.15, 0.2) is 0 Å². The SMILES string of the molecule is CC(C)c1ccnc2cc(C(C)(C)c3cc4ccccc4o3)ccc12. The van der Waals surface area contributed by atoms with Gasteiger partial charge in [-0.1, -0.05) is 44.2 Å². The summed E-state index contributed by atoms with van der Waals surface area (Å²) in [5, 5.41) is 2.38. The lowest BCUT2D eigenvalue weighted by Gasteiger charge is -2.23. The van der Waals surface area contributed by atoms with Gasteiger partial charge in [0.1, 0.15) is 11.3 Å². The molecule has 0 N–H and O–H groups in total. The summed E-state index contributed by atoms with van der Waals surface area (Å²) in [5.74, 6) is 1.47. The van der Waals surface area contributed by atoms with Crippen LogP contribution in [0.15, 0.2) is 65.2 Å². The van der Waals surface area contributed by atoms with E-state index in [0.29, 0.717) is 5.92 Å². The van der Waals surface area contributed by atoms with E-state index in [1.165, 1.54) is 16.5 Å². The van der Waals surface area contributed by atoms with Crippen molar-refractivity contribution >= 4 is 21.9 Å². The molecule has 0 aliphatic rings. The van der Waals surface area contributed by atoms with Gasteiger partial charge in [0.05, 0.1) is 5.52 Å². The molecule has 0 spiro atoms. The first-order valence-corrected chi connectivity index (χ1v) is 8.85. The van der Waals surface area contributed by atoms with E-state index in [2.05, 4.69) is 69.1 Å². The van der Waals surface area contributed by atoms with Crippen molar-refractivity contribution < 1.29 is 4.42 Å². The number of nitrogens with zero attached hydrogens (tertiary/aromatic N) is 1. The van der Waals surface area contributed by atoms with Gasteiger partial charge in [0, 0.05) is 22.4 Å². The third-order valence-electron chi connectivity index (χ3n) is 5.16. The van der Waals surface area contributed by atoms with Gasteiger partial charge in [-0.15, -0.1) is 0 Å². The van der Waals surface area contributed by atoms with Gasteiger partial charge in [-0.2, -0.15) is 0 Å². The second-order valence-corrected chi connectivity index (χ2v) is 7.56. The predicted molar refractivity (Wildman–Crippen MR) is 104 cm³/mol. The number of benzene rings is 2. The molecule has 0 saturated carbocycles. The summed E-state index contributed by atoms with van der Waals surface area (Å²) in [5.41, 5.74) is 4.33. The molecule has 0 fully saturated rings. The summed E-state index contributed by atoms with van der Waals surface area (Å²) >= 11 is 0. The van der Waals surface area contributed by atoms with Crippen molar-refractivity contribution in [2.45, 2.75) is 39.0 Å². The molecule has 0 aliphatic heterocycles. The molecule has 2 aromatic carbocycles. The van der Waals surface area contributed by atoms with Crippen molar-refractivity contribution in [3.63, 3.8) is 0 Å². The lowest BCUT2D eigenvalue weighted by Crippen LogP contribution is -2.18. The maximum Gasteiger partial charge on any atom is 0.134 e. The smallest absolute Gasteiger partial charge is 0.134 e. The largest absolute Gasteiger partial charge is 0.460 e. The maximum atomic E-state index is 6.14. The highest BCUT2D eigenvalue weighted by atomic mass is 16.3. The highest BCUT2D eigenvalue weighted by molar-refractivity contribution is 5.84. The monoisotopic (exact) mass is 329 g/mol. The maximum absolute atomic E-state index is 6.14. The van der Waals surface area contributed by atoms with Crippen molar-refractivity contribution in [1.82, 2.24) is 4.98 Å². The van der Waals surface area contributed by atoms with E-state index in [1.807, 2.05) is 24.4 Å². The lowest BCUT2D eigenvalue weighted by molar-refractivity contribution is 0.453. The van der Waals surface area contributed by atoms with Crippen LogP contribution in [-0.4, -0.2) is 4.98 Å². The molecule has 0 atom stereocenters. The number of furan rings is 1. The van der Waals surface area contributed by atoms with Crippen LogP contribution in [0.1, 0.15) is 50.5 Å². The number of pyridine rings is 1. The Labute approximate surface area is 148 Å². The zero-order valence-electron chi connectivity index (χ0n) is 15.2. The van der Waals surface area contributed by atoms with Crippen LogP contribution in [0.5, 0.6) is 0 Å². The highest BCUT2D eigenvalue weighted by Gasteiger charge is 2.27. The Morgan fingerprint density at radius 2 is 1.76 bits per heavy atom. The van der Waals surface area contributed by atoms with Crippen LogP contribution in [0.3, 0.4) is 0 Å². The number of hydrogen-bond donors (Lipinski definition) is 0. The minimum Gasteiger partial charge on any atom is -0.460 e. The summed E-state index contributed by atoms with van der Waals surface area (Å²) in [6.45, 7) is 8.86. The predicted octanol–water partition coefficient (Wildman–Crippen LogP) is 6.43. The van der Waals surface area contributed by atoms with E-state index in [0.717, 1.165) is 22.2 Å². The van der Waals surface area contributed by atoms with E-state index in [9.17, 15) is 0 Å². The third-order valence-corrected chi connectivity index (χ3v) is 5.16. The summed E-state index contributed by atoms with van der Waals surface area (Å²) in [4.78, 5) is 4.60. The molecule has 0 saturated heterocycles. The van der Waals surface area contributed by atoms with Crippen LogP contribution in [0.4, 0.5) is 0 Å². The number of rotatable bonds is 3. The number of aromatic nitrogens is 1. The number of para-hydroxylation sites is 1. The molecule has 126 valence electrons. The number of fused-ring (bicyclic) bond motifs is 2. The minimum atomic E-state index is -0.220. The molecular formula is C23H23NO. The van der Waals surface area contributed by atoms with Crippen LogP contribution in [0.2, 0.25) is 0 Å². The van der Waals surface area contributed by atoms with Gasteiger partial charge in [-0.25, -0.2) is 0 Å². The highest BCUT2D eigenvalue weighted by Crippen LogP contribution is 2.36. The summed E-state index contributed by atoms with van der Waals surface area (Å²) in [6, 6.07) is 19.1. The second kappa shape index (κ2) is 5.73. The van der Waals surface area contributed by atoms with Gasteiger partial charge in [-0.05, 0) is 55.2 Å². The Morgan fingerprint density at radius 3 is 2.52 bits per heavy atom. The molecule has 2 heteroatoms. The first kappa shape index (κ1) is 15.9. The van der Waals surface area contributed by atoms with Gasteiger partial charge in [-0.3, -0.25) is 4.98 Å². The van der Waals surface area contributed by atoms with Crippen molar-refractivity contribution in [3.8, 4) is 0 Å². The van der Waals surface area contributed by atoms with Crippen LogP contribution in [0.25, 0.3) is 21.9 Å². The van der Waals surface area contributed by atoms with E-state index in [4.69, 9.17) is 4.42 Å². The van der Waals surface area contributed by atoms with E-state index >= 15 is 0 Å². The fourth-order valence-corrected chi connectivity index (χ4v) is 3.49. The standard InChI is InChI=1S/C23H23NO/c1-15(2)18-11-12-24-20-14-17(9-10-19(18)20)23(3,4)22-13-16-7-5-6-8-21(16)25-22/h5-15H,1-4H3. The molecule has 0 amide bonds. The topological polar surface area (TPSA) is 26.0 Å². The Balaban J connectivity index is 1.84. The quantitative estimate of drug-likeness (QED) is 0.433. The zero-order valence-corrected chi connectivity index (χ0v) is 15.2. The van der Waals surface area contributed by atoms with Crippen molar-refractivity contribution in [1.29, 1.82) is 0 Å². The first-order chi connectivity index (χ1) is 12.0. The fraction of sp³-hybridized carbons (Fsp3) is 0.261. The van der Waals surface area contributed by atoms with E-state index in [1.54, 1.807) is 0 Å². The van der Waals surface area contributed by atoms with Crippen LogP contribution < -0.4 is 0 Å². The normalized spacial score (nSPS) is 12.4. The zero-order chi connectivity index (χ0) is 17.6. The van der Waals surface area contributed by atoms with Gasteiger partial charge >= 0.3 is 0 Å². The lowest BCUT2D eigenvalue weighted by atomic mass is 9.81. The van der Waals surface area contributed by atoms with Gasteiger partial charge in [0.2, 0.25) is 0 Å². The molecule has 4 rings (SSSR count). The average Bonchev–Trinajstić information content (AvgIpc) is 3.05. The molecule has 2 aromatic heterocycles. The minimum absolute atomic E-state index is 0.220. The first-order valence-electron chi connectivity index (χ1n) is 8.85. The van der Waals surface area contributed by atoms with Crippen molar-refractivity contribution in [2.24, 2.45) is 0 Å². The van der Waals surface area contributed by atoms with Gasteiger partial charge < -0.3 is 4.42 Å². The molecule has 0 unspecified atom stereocenters. The van der Waals surface area contributed by atoms with Crippen LogP contribution >= 0.6 is 0 Å². The van der Waals surface area contributed by atoms with E-state index < -0.39 is 0 Å². The van der Waals surface area contributed by atoms with E-state index in [-0.39, 0.29) is 5.41 Å². The molecule has 2 heterocycles. The van der Waals surface area contributed by atoms with Crippen molar-refractivity contribution in [2.75, 3.05) is 0 Å².